The fraction of sp³-hybridized carbons (Fsp3) is 0.250. The van der Waals surface area contributed by atoms with E-state index in [1.54, 1.807) is 0 Å². The second kappa shape index (κ2) is 8.47. The van der Waals surface area contributed by atoms with Gasteiger partial charge in [0, 0.05) is 23.3 Å². The number of non-ortho nitro benzene ring substituents is 1. The number of hydrogen-bond donors (Lipinski definition) is 1. The van der Waals surface area contributed by atoms with Crippen LogP contribution in [-0.2, 0) is 14.3 Å². The van der Waals surface area contributed by atoms with Crippen LogP contribution in [0.2, 0.25) is 0 Å². The fourth-order valence-corrected chi connectivity index (χ4v) is 1.68. The van der Waals surface area contributed by atoms with Crippen LogP contribution < -0.4 is 0 Å². The van der Waals surface area contributed by atoms with Crippen molar-refractivity contribution in [3.05, 3.63) is 57.7 Å². The van der Waals surface area contributed by atoms with E-state index in [4.69, 9.17) is 4.74 Å². The van der Waals surface area contributed by atoms with Crippen molar-refractivity contribution in [3.63, 3.8) is 0 Å². The van der Waals surface area contributed by atoms with Gasteiger partial charge in [-0.05, 0) is 43.5 Å². The minimum atomic E-state index is -1.09. The summed E-state index contributed by atoms with van der Waals surface area (Å²) in [7, 11) is 0. The standard InChI is InChI=1S/C16H17NO6/c1-11(2)16(20)23-9-3-4-13(15(18)19)10-12-5-7-14(8-6-12)17(21)22/h5-8,10H,1,3-4,9H2,2H3,(H,18,19). The summed E-state index contributed by atoms with van der Waals surface area (Å²) in [5.41, 5.74) is 0.896. The van der Waals surface area contributed by atoms with E-state index in [0.717, 1.165) is 0 Å². The molecule has 0 saturated heterocycles. The molecule has 1 N–H and O–H groups in total. The minimum absolute atomic E-state index is 0.0641. The van der Waals surface area contributed by atoms with E-state index in [1.807, 2.05) is 0 Å². The van der Waals surface area contributed by atoms with Crippen LogP contribution in [0.4, 0.5) is 5.69 Å². The second-order valence-corrected chi connectivity index (χ2v) is 4.84. The Kier molecular flexibility index (Phi) is 6.67. The van der Waals surface area contributed by atoms with E-state index in [-0.39, 0.29) is 29.9 Å². The van der Waals surface area contributed by atoms with Crippen LogP contribution in [0.15, 0.2) is 42.0 Å². The van der Waals surface area contributed by atoms with Gasteiger partial charge in [0.05, 0.1) is 11.5 Å². The van der Waals surface area contributed by atoms with Gasteiger partial charge in [-0.3, -0.25) is 10.1 Å². The molecule has 0 unspecified atom stereocenters. The van der Waals surface area contributed by atoms with Crippen LogP contribution in [0.1, 0.15) is 25.3 Å². The SMILES string of the molecule is C=C(C)C(=O)OCCCC(=Cc1ccc([N+](=O)[O-])cc1)C(=O)O. The molecular formula is C16H17NO6. The predicted octanol–water partition coefficient (Wildman–Crippen LogP) is 2.96. The van der Waals surface area contributed by atoms with E-state index in [9.17, 15) is 24.8 Å². The van der Waals surface area contributed by atoms with Gasteiger partial charge in [0.1, 0.15) is 0 Å². The first kappa shape index (κ1) is 18.1. The monoisotopic (exact) mass is 319 g/mol. The summed E-state index contributed by atoms with van der Waals surface area (Å²) in [6.45, 7) is 5.07. The van der Waals surface area contributed by atoms with Gasteiger partial charge in [0.15, 0.2) is 0 Å². The number of carboxylic acids is 1. The van der Waals surface area contributed by atoms with E-state index < -0.39 is 16.9 Å². The lowest BCUT2D eigenvalue weighted by Gasteiger charge is -2.05. The molecule has 0 aliphatic heterocycles. The van der Waals surface area contributed by atoms with Crippen molar-refractivity contribution in [1.82, 2.24) is 0 Å². The lowest BCUT2D eigenvalue weighted by atomic mass is 10.1. The number of ether oxygens (including phenoxy) is 1. The maximum Gasteiger partial charge on any atom is 0.333 e. The molecule has 1 aromatic rings. The topological polar surface area (TPSA) is 107 Å². The Morgan fingerprint density at radius 2 is 1.96 bits per heavy atom. The largest absolute Gasteiger partial charge is 0.478 e. The van der Waals surface area contributed by atoms with E-state index in [1.165, 1.54) is 37.3 Å². The van der Waals surface area contributed by atoms with E-state index in [2.05, 4.69) is 6.58 Å². The molecule has 7 nitrogen and oxygen atoms in total. The molecule has 0 saturated carbocycles. The molecule has 0 aliphatic rings. The van der Waals surface area contributed by atoms with Crippen LogP contribution in [0.25, 0.3) is 6.08 Å². The van der Waals surface area contributed by atoms with Crippen molar-refractivity contribution in [2.24, 2.45) is 0 Å². The number of hydrogen-bond acceptors (Lipinski definition) is 5. The molecule has 0 fully saturated rings. The van der Waals surface area contributed by atoms with Crippen LogP contribution in [-0.4, -0.2) is 28.6 Å². The van der Waals surface area contributed by atoms with Gasteiger partial charge < -0.3 is 9.84 Å². The first-order valence-electron chi connectivity index (χ1n) is 6.82. The molecule has 0 aromatic heterocycles. The number of nitro benzene ring substituents is 1. The smallest absolute Gasteiger partial charge is 0.333 e. The van der Waals surface area contributed by atoms with Crippen LogP contribution >= 0.6 is 0 Å². The summed E-state index contributed by atoms with van der Waals surface area (Å²) in [6, 6.07) is 5.56. The van der Waals surface area contributed by atoms with Crippen molar-refractivity contribution in [2.45, 2.75) is 19.8 Å². The minimum Gasteiger partial charge on any atom is -0.478 e. The highest BCUT2D eigenvalue weighted by Gasteiger charge is 2.10. The number of nitrogens with zero attached hydrogens (tertiary/aromatic N) is 1. The predicted molar refractivity (Wildman–Crippen MR) is 83.7 cm³/mol. The first-order chi connectivity index (χ1) is 10.8. The third-order valence-corrected chi connectivity index (χ3v) is 2.89. The highest BCUT2D eigenvalue weighted by atomic mass is 16.6. The Labute approximate surface area is 133 Å². The maximum absolute atomic E-state index is 11.2. The van der Waals surface area contributed by atoms with E-state index in [0.29, 0.717) is 12.0 Å². The number of nitro groups is 1. The third kappa shape index (κ3) is 6.13. The Bertz CT molecular complexity index is 645. The number of esters is 1. The van der Waals surface area contributed by atoms with Crippen molar-refractivity contribution in [2.75, 3.05) is 6.61 Å². The summed E-state index contributed by atoms with van der Waals surface area (Å²) in [4.78, 5) is 32.5. The summed E-state index contributed by atoms with van der Waals surface area (Å²) in [5, 5.41) is 19.7. The fourth-order valence-electron chi connectivity index (χ4n) is 1.68. The normalized spacial score (nSPS) is 10.9. The van der Waals surface area contributed by atoms with Crippen LogP contribution in [0, 0.1) is 10.1 Å². The zero-order valence-corrected chi connectivity index (χ0v) is 12.7. The van der Waals surface area contributed by atoms with Gasteiger partial charge in [-0.1, -0.05) is 6.58 Å². The summed E-state index contributed by atoms with van der Waals surface area (Å²) < 4.78 is 4.89. The number of benzene rings is 1. The molecule has 0 radical (unpaired) electrons. The van der Waals surface area contributed by atoms with E-state index >= 15 is 0 Å². The highest BCUT2D eigenvalue weighted by Crippen LogP contribution is 2.16. The number of carbonyl (C=O) groups excluding carboxylic acids is 1. The van der Waals surface area contributed by atoms with Crippen LogP contribution in [0.3, 0.4) is 0 Å². The summed E-state index contributed by atoms with van der Waals surface area (Å²) in [5.74, 6) is -1.60. The van der Waals surface area contributed by atoms with Gasteiger partial charge in [-0.25, -0.2) is 9.59 Å². The van der Waals surface area contributed by atoms with Gasteiger partial charge in [0.2, 0.25) is 0 Å². The van der Waals surface area contributed by atoms with Gasteiger partial charge in [-0.15, -0.1) is 0 Å². The molecule has 1 aromatic carbocycles. The van der Waals surface area contributed by atoms with Crippen molar-refractivity contribution in [1.29, 1.82) is 0 Å². The molecule has 0 spiro atoms. The number of carbonyl (C=O) groups is 2. The molecular weight excluding hydrogens is 302 g/mol. The first-order valence-corrected chi connectivity index (χ1v) is 6.82. The third-order valence-electron chi connectivity index (χ3n) is 2.89. The van der Waals surface area contributed by atoms with Crippen molar-refractivity contribution < 1.29 is 24.4 Å². The Hall–Kier alpha value is -2.96. The Morgan fingerprint density at radius 3 is 2.43 bits per heavy atom. The zero-order chi connectivity index (χ0) is 17.4. The van der Waals surface area contributed by atoms with Crippen molar-refractivity contribution >= 4 is 23.7 Å². The second-order valence-electron chi connectivity index (χ2n) is 4.84. The molecule has 1 rings (SSSR count). The number of rotatable bonds is 8. The average Bonchev–Trinajstić information content (AvgIpc) is 2.50. The van der Waals surface area contributed by atoms with Gasteiger partial charge in [0.25, 0.3) is 5.69 Å². The summed E-state index contributed by atoms with van der Waals surface area (Å²) >= 11 is 0. The molecule has 122 valence electrons. The van der Waals surface area contributed by atoms with Gasteiger partial charge in [-0.2, -0.15) is 0 Å². The Balaban J connectivity index is 2.67. The lowest BCUT2D eigenvalue weighted by Crippen LogP contribution is -2.08. The van der Waals surface area contributed by atoms with Gasteiger partial charge >= 0.3 is 11.9 Å². The van der Waals surface area contributed by atoms with Crippen molar-refractivity contribution in [3.8, 4) is 0 Å². The molecule has 7 heteroatoms. The maximum atomic E-state index is 11.2. The highest BCUT2D eigenvalue weighted by molar-refractivity contribution is 5.92. The molecule has 0 aliphatic carbocycles. The number of aliphatic carboxylic acids is 1. The molecule has 0 heterocycles. The van der Waals surface area contributed by atoms with Crippen LogP contribution in [0.5, 0.6) is 0 Å². The zero-order valence-electron chi connectivity index (χ0n) is 12.7. The summed E-state index contributed by atoms with van der Waals surface area (Å²) in [6.07, 6.45) is 1.99. The lowest BCUT2D eigenvalue weighted by molar-refractivity contribution is -0.384. The molecule has 0 amide bonds. The average molecular weight is 319 g/mol. The Morgan fingerprint density at radius 1 is 1.35 bits per heavy atom. The quantitative estimate of drug-likeness (QED) is 0.259. The number of carboxylic acid groups (broad SMARTS) is 1. The molecule has 23 heavy (non-hydrogen) atoms. The molecule has 0 atom stereocenters. The molecule has 0 bridgehead atoms.